The molecule has 1 aliphatic heterocycles. The van der Waals surface area contributed by atoms with E-state index in [2.05, 4.69) is 25.2 Å². The van der Waals surface area contributed by atoms with E-state index in [4.69, 9.17) is 9.72 Å². The second-order valence-electron chi connectivity index (χ2n) is 5.91. The van der Waals surface area contributed by atoms with Crippen LogP contribution in [0.4, 0.5) is 5.82 Å². The van der Waals surface area contributed by atoms with E-state index in [0.29, 0.717) is 5.82 Å². The minimum Gasteiger partial charge on any atom is -0.379 e. The van der Waals surface area contributed by atoms with Crippen LogP contribution in [-0.2, 0) is 4.74 Å². The Labute approximate surface area is 146 Å². The topological polar surface area (TPSA) is 76.1 Å². The quantitative estimate of drug-likeness (QED) is 0.762. The molecule has 0 amide bonds. The van der Waals surface area contributed by atoms with E-state index >= 15 is 0 Å². The predicted octanol–water partition coefficient (Wildman–Crippen LogP) is 1.83. The van der Waals surface area contributed by atoms with E-state index in [-0.39, 0.29) is 0 Å². The summed E-state index contributed by atoms with van der Waals surface area (Å²) in [5, 5.41) is 4.45. The third-order valence-corrected chi connectivity index (χ3v) is 4.26. The van der Waals surface area contributed by atoms with Crippen LogP contribution in [0.15, 0.2) is 43.0 Å². The van der Waals surface area contributed by atoms with Crippen molar-refractivity contribution in [2.75, 3.05) is 44.7 Å². The fraction of sp³-hybridized carbons (Fsp3) is 0.333. The van der Waals surface area contributed by atoms with E-state index in [9.17, 15) is 0 Å². The molecule has 0 spiro atoms. The number of hydrogen-bond donors (Lipinski definition) is 1. The molecule has 7 heteroatoms. The van der Waals surface area contributed by atoms with Crippen molar-refractivity contribution < 1.29 is 4.74 Å². The van der Waals surface area contributed by atoms with Crippen molar-refractivity contribution in [2.45, 2.75) is 0 Å². The van der Waals surface area contributed by atoms with Gasteiger partial charge in [0.25, 0.3) is 0 Å². The first-order chi connectivity index (χ1) is 12.4. The summed E-state index contributed by atoms with van der Waals surface area (Å²) in [6.45, 7) is 5.38. The summed E-state index contributed by atoms with van der Waals surface area (Å²) in [4.78, 5) is 20.0. The van der Waals surface area contributed by atoms with E-state index in [1.165, 1.54) is 0 Å². The average molecular weight is 336 g/mol. The first kappa shape index (κ1) is 15.9. The average Bonchev–Trinajstić information content (AvgIpc) is 2.69. The lowest BCUT2D eigenvalue weighted by Crippen LogP contribution is -2.39. The van der Waals surface area contributed by atoms with Gasteiger partial charge in [-0.05, 0) is 18.2 Å². The number of anilines is 1. The third-order valence-electron chi connectivity index (χ3n) is 4.26. The van der Waals surface area contributed by atoms with E-state index in [1.807, 2.05) is 18.2 Å². The summed E-state index contributed by atoms with van der Waals surface area (Å²) < 4.78 is 5.39. The Balaban J connectivity index is 1.58. The van der Waals surface area contributed by atoms with Crippen molar-refractivity contribution >= 4 is 16.7 Å². The number of hydrogen-bond acceptors (Lipinski definition) is 7. The van der Waals surface area contributed by atoms with Crippen LogP contribution in [0.2, 0.25) is 0 Å². The summed E-state index contributed by atoms with van der Waals surface area (Å²) in [5.41, 5.74) is 1.77. The smallest absolute Gasteiger partial charge is 0.162 e. The molecule has 0 saturated carbocycles. The third kappa shape index (κ3) is 3.72. The van der Waals surface area contributed by atoms with Gasteiger partial charge in [-0.1, -0.05) is 0 Å². The van der Waals surface area contributed by atoms with Gasteiger partial charge in [-0.25, -0.2) is 9.97 Å². The number of nitrogens with zero attached hydrogens (tertiary/aromatic N) is 5. The van der Waals surface area contributed by atoms with E-state index in [1.54, 1.807) is 24.8 Å². The van der Waals surface area contributed by atoms with Crippen LogP contribution in [0.25, 0.3) is 22.3 Å². The van der Waals surface area contributed by atoms with Crippen LogP contribution in [0.1, 0.15) is 0 Å². The first-order valence-corrected chi connectivity index (χ1v) is 8.46. The molecule has 0 radical (unpaired) electrons. The Hall–Kier alpha value is -2.64. The van der Waals surface area contributed by atoms with Crippen molar-refractivity contribution in [1.29, 1.82) is 0 Å². The van der Waals surface area contributed by atoms with Crippen LogP contribution in [0, 0.1) is 0 Å². The zero-order valence-corrected chi connectivity index (χ0v) is 13.9. The summed E-state index contributed by atoms with van der Waals surface area (Å²) in [7, 11) is 0. The van der Waals surface area contributed by atoms with Gasteiger partial charge in [0.2, 0.25) is 0 Å². The Morgan fingerprint density at radius 1 is 1.00 bits per heavy atom. The Bertz CT molecular complexity index is 835. The van der Waals surface area contributed by atoms with Crippen LogP contribution in [-0.4, -0.2) is 64.2 Å². The minimum absolute atomic E-state index is 0.678. The van der Waals surface area contributed by atoms with Crippen molar-refractivity contribution in [3.05, 3.63) is 43.0 Å². The van der Waals surface area contributed by atoms with E-state index in [0.717, 1.165) is 61.7 Å². The maximum absolute atomic E-state index is 5.39. The van der Waals surface area contributed by atoms with Gasteiger partial charge in [0.1, 0.15) is 5.82 Å². The second kappa shape index (κ2) is 7.50. The van der Waals surface area contributed by atoms with Crippen LogP contribution in [0.5, 0.6) is 0 Å². The lowest BCUT2D eigenvalue weighted by molar-refractivity contribution is 0.0398. The number of nitrogens with one attached hydrogen (secondary N) is 1. The molecule has 3 aromatic rings. The highest BCUT2D eigenvalue weighted by molar-refractivity contribution is 5.89. The molecule has 0 bridgehead atoms. The van der Waals surface area contributed by atoms with Gasteiger partial charge in [-0.2, -0.15) is 0 Å². The fourth-order valence-corrected chi connectivity index (χ4v) is 2.90. The number of fused-ring (bicyclic) bond motifs is 1. The molecule has 25 heavy (non-hydrogen) atoms. The standard InChI is InChI=1S/C18H20N6O/c1-4-19-5-2-14(1)17-22-16-13-20-6-3-15(16)18(23-17)21-7-8-24-9-11-25-12-10-24/h1-6,13H,7-12H2,(H,21,22,23). The normalized spacial score (nSPS) is 15.4. The highest BCUT2D eigenvalue weighted by atomic mass is 16.5. The molecule has 0 aromatic carbocycles. The molecular weight excluding hydrogens is 316 g/mol. The maximum Gasteiger partial charge on any atom is 0.162 e. The SMILES string of the molecule is c1cc(-c2nc(NCCN3CCOCC3)c3ccncc3n2)ccn1. The van der Waals surface area contributed by atoms with Crippen molar-refractivity contribution in [3.63, 3.8) is 0 Å². The summed E-state index contributed by atoms with van der Waals surface area (Å²) >= 11 is 0. The van der Waals surface area contributed by atoms with Crippen LogP contribution >= 0.6 is 0 Å². The monoisotopic (exact) mass is 336 g/mol. The van der Waals surface area contributed by atoms with Gasteiger partial charge in [-0.3, -0.25) is 14.9 Å². The minimum atomic E-state index is 0.678. The molecule has 1 saturated heterocycles. The second-order valence-corrected chi connectivity index (χ2v) is 5.91. The molecule has 128 valence electrons. The van der Waals surface area contributed by atoms with Crippen molar-refractivity contribution in [2.24, 2.45) is 0 Å². The lowest BCUT2D eigenvalue weighted by atomic mass is 10.2. The molecule has 0 atom stereocenters. The number of morpholine rings is 1. The zero-order chi connectivity index (χ0) is 16.9. The van der Waals surface area contributed by atoms with Gasteiger partial charge >= 0.3 is 0 Å². The first-order valence-electron chi connectivity index (χ1n) is 8.46. The molecule has 0 aliphatic carbocycles. The molecule has 1 aliphatic rings. The van der Waals surface area contributed by atoms with Gasteiger partial charge in [0.15, 0.2) is 5.82 Å². The molecular formula is C18H20N6O. The largest absolute Gasteiger partial charge is 0.379 e. The van der Waals surface area contributed by atoms with Crippen molar-refractivity contribution in [3.8, 4) is 11.4 Å². The zero-order valence-electron chi connectivity index (χ0n) is 13.9. The molecule has 7 nitrogen and oxygen atoms in total. The van der Waals surface area contributed by atoms with Gasteiger partial charge in [-0.15, -0.1) is 0 Å². The summed E-state index contributed by atoms with van der Waals surface area (Å²) in [6, 6.07) is 5.77. The summed E-state index contributed by atoms with van der Waals surface area (Å²) in [6.07, 6.45) is 7.04. The lowest BCUT2D eigenvalue weighted by Gasteiger charge is -2.26. The van der Waals surface area contributed by atoms with Gasteiger partial charge < -0.3 is 10.1 Å². The summed E-state index contributed by atoms with van der Waals surface area (Å²) in [5.74, 6) is 1.52. The Morgan fingerprint density at radius 2 is 1.80 bits per heavy atom. The van der Waals surface area contributed by atoms with Crippen LogP contribution < -0.4 is 5.32 Å². The Morgan fingerprint density at radius 3 is 2.64 bits per heavy atom. The number of pyridine rings is 2. The maximum atomic E-state index is 5.39. The molecule has 0 unspecified atom stereocenters. The highest BCUT2D eigenvalue weighted by Gasteiger charge is 2.12. The van der Waals surface area contributed by atoms with E-state index < -0.39 is 0 Å². The number of ether oxygens (including phenoxy) is 1. The molecule has 3 aromatic heterocycles. The number of rotatable bonds is 5. The van der Waals surface area contributed by atoms with Crippen LogP contribution in [0.3, 0.4) is 0 Å². The highest BCUT2D eigenvalue weighted by Crippen LogP contribution is 2.23. The molecule has 1 N–H and O–H groups in total. The predicted molar refractivity (Wildman–Crippen MR) is 96.3 cm³/mol. The van der Waals surface area contributed by atoms with Crippen molar-refractivity contribution in [1.82, 2.24) is 24.8 Å². The number of aromatic nitrogens is 4. The van der Waals surface area contributed by atoms with Gasteiger partial charge in [0.05, 0.1) is 24.9 Å². The molecule has 4 heterocycles. The Kier molecular flexibility index (Phi) is 4.76. The fourth-order valence-electron chi connectivity index (χ4n) is 2.90. The molecule has 4 rings (SSSR count). The molecule has 1 fully saturated rings. The van der Waals surface area contributed by atoms with Gasteiger partial charge in [0, 0.05) is 55.7 Å².